The molecule has 1 fully saturated rings. The Morgan fingerprint density at radius 3 is 2.90 bits per heavy atom. The molecule has 1 unspecified atom stereocenters. The molecule has 1 aliphatic heterocycles. The first-order chi connectivity index (χ1) is 9.82. The van der Waals surface area contributed by atoms with Crippen LogP contribution in [0.3, 0.4) is 0 Å². The van der Waals surface area contributed by atoms with Gasteiger partial charge in [0, 0.05) is 19.6 Å². The number of alkyl halides is 3. The molecule has 1 saturated heterocycles. The normalized spacial score (nSPS) is 19.6. The van der Waals surface area contributed by atoms with Crippen LogP contribution in [0.25, 0.3) is 0 Å². The van der Waals surface area contributed by atoms with Crippen LogP contribution in [-0.4, -0.2) is 31.7 Å². The molecule has 1 amide bonds. The molecular formula is C13H18F3N3OS. The Balaban J connectivity index is 2.15. The van der Waals surface area contributed by atoms with Crippen molar-refractivity contribution >= 4 is 27.9 Å². The standard InChI is InChI=1S/C13H18F3N3OS/c1-2-18-12(20)11-9(17)6-10(21-11)19-5-3-4-8(7-19)13(14,15)16/h6,8H,2-5,7,17H2,1H3,(H,18,20). The molecule has 1 aromatic heterocycles. The number of nitrogens with one attached hydrogen (secondary N) is 1. The van der Waals surface area contributed by atoms with Crippen LogP contribution in [0.5, 0.6) is 0 Å². The van der Waals surface area contributed by atoms with Crippen LogP contribution in [0.1, 0.15) is 29.4 Å². The minimum atomic E-state index is -4.18. The van der Waals surface area contributed by atoms with Crippen molar-refractivity contribution in [1.29, 1.82) is 0 Å². The van der Waals surface area contributed by atoms with Crippen molar-refractivity contribution in [3.63, 3.8) is 0 Å². The number of halogens is 3. The van der Waals surface area contributed by atoms with Crippen LogP contribution in [0.15, 0.2) is 6.07 Å². The Morgan fingerprint density at radius 2 is 2.29 bits per heavy atom. The first-order valence-corrected chi connectivity index (χ1v) is 7.63. The maximum absolute atomic E-state index is 12.8. The number of nitrogens with zero attached hydrogens (tertiary/aromatic N) is 1. The number of anilines is 2. The van der Waals surface area contributed by atoms with Gasteiger partial charge < -0.3 is 16.0 Å². The van der Waals surface area contributed by atoms with E-state index in [1.54, 1.807) is 17.9 Å². The van der Waals surface area contributed by atoms with E-state index in [4.69, 9.17) is 5.73 Å². The summed E-state index contributed by atoms with van der Waals surface area (Å²) in [6.45, 7) is 2.76. The smallest absolute Gasteiger partial charge is 0.393 e. The Bertz CT molecular complexity index is 515. The number of hydrogen-bond acceptors (Lipinski definition) is 4. The fourth-order valence-electron chi connectivity index (χ4n) is 2.41. The van der Waals surface area contributed by atoms with Crippen molar-refractivity contribution in [2.45, 2.75) is 25.9 Å². The summed E-state index contributed by atoms with van der Waals surface area (Å²) in [5.74, 6) is -1.60. The van der Waals surface area contributed by atoms with Crippen LogP contribution in [0, 0.1) is 5.92 Å². The molecule has 1 aromatic rings. The monoisotopic (exact) mass is 321 g/mol. The highest BCUT2D eigenvalue weighted by Gasteiger charge is 2.42. The summed E-state index contributed by atoms with van der Waals surface area (Å²) in [4.78, 5) is 13.8. The summed E-state index contributed by atoms with van der Waals surface area (Å²) in [6.07, 6.45) is -3.54. The van der Waals surface area contributed by atoms with Crippen LogP contribution in [-0.2, 0) is 0 Å². The molecule has 21 heavy (non-hydrogen) atoms. The molecular weight excluding hydrogens is 303 g/mol. The van der Waals surface area contributed by atoms with Gasteiger partial charge in [-0.25, -0.2) is 0 Å². The van der Waals surface area contributed by atoms with Crippen molar-refractivity contribution in [2.75, 3.05) is 30.3 Å². The van der Waals surface area contributed by atoms with Gasteiger partial charge >= 0.3 is 6.18 Å². The predicted octanol–water partition coefficient (Wildman–Crippen LogP) is 2.86. The van der Waals surface area contributed by atoms with Crippen molar-refractivity contribution in [1.82, 2.24) is 5.32 Å². The number of carbonyl (C=O) groups excluding carboxylic acids is 1. The van der Waals surface area contributed by atoms with Gasteiger partial charge in [-0.05, 0) is 25.8 Å². The van der Waals surface area contributed by atoms with Crippen LogP contribution in [0.4, 0.5) is 23.9 Å². The molecule has 8 heteroatoms. The SMILES string of the molecule is CCNC(=O)c1sc(N2CCCC(C(F)(F)F)C2)cc1N. The molecule has 0 aliphatic carbocycles. The van der Waals surface area contributed by atoms with Crippen LogP contribution < -0.4 is 16.0 Å². The molecule has 0 aromatic carbocycles. The highest BCUT2D eigenvalue weighted by molar-refractivity contribution is 7.18. The molecule has 3 N–H and O–H groups in total. The first kappa shape index (κ1) is 15.9. The third kappa shape index (κ3) is 3.61. The highest BCUT2D eigenvalue weighted by Crippen LogP contribution is 2.38. The zero-order valence-corrected chi connectivity index (χ0v) is 12.5. The Kier molecular flexibility index (Phi) is 4.65. The van der Waals surface area contributed by atoms with Crippen molar-refractivity contribution in [3.8, 4) is 0 Å². The highest BCUT2D eigenvalue weighted by atomic mass is 32.1. The van der Waals surface area contributed by atoms with Gasteiger partial charge in [0.15, 0.2) is 0 Å². The lowest BCUT2D eigenvalue weighted by atomic mass is 9.98. The molecule has 1 atom stereocenters. The quantitative estimate of drug-likeness (QED) is 0.900. The molecule has 1 aliphatic rings. The number of rotatable bonds is 3. The van der Waals surface area contributed by atoms with Crippen molar-refractivity contribution < 1.29 is 18.0 Å². The van der Waals surface area contributed by atoms with E-state index in [-0.39, 0.29) is 18.9 Å². The van der Waals surface area contributed by atoms with E-state index in [1.807, 2.05) is 0 Å². The van der Waals surface area contributed by atoms with E-state index < -0.39 is 12.1 Å². The molecule has 0 spiro atoms. The third-order valence-electron chi connectivity index (χ3n) is 3.49. The second-order valence-corrected chi connectivity index (χ2v) is 6.09. The molecule has 4 nitrogen and oxygen atoms in total. The number of carbonyl (C=O) groups is 1. The van der Waals surface area contributed by atoms with Gasteiger partial charge in [0.2, 0.25) is 0 Å². The van der Waals surface area contributed by atoms with E-state index in [0.29, 0.717) is 35.1 Å². The van der Waals surface area contributed by atoms with Gasteiger partial charge in [0.1, 0.15) is 4.88 Å². The fraction of sp³-hybridized carbons (Fsp3) is 0.615. The third-order valence-corrected chi connectivity index (χ3v) is 4.70. The number of piperidine rings is 1. The minimum absolute atomic E-state index is 0.0711. The maximum Gasteiger partial charge on any atom is 0.393 e. The molecule has 0 bridgehead atoms. The molecule has 0 saturated carbocycles. The van der Waals surface area contributed by atoms with E-state index in [9.17, 15) is 18.0 Å². The maximum atomic E-state index is 12.8. The molecule has 2 heterocycles. The average molecular weight is 321 g/mol. The summed E-state index contributed by atoms with van der Waals surface area (Å²) in [5.41, 5.74) is 6.12. The van der Waals surface area contributed by atoms with Gasteiger partial charge in [-0.1, -0.05) is 0 Å². The number of hydrogen-bond donors (Lipinski definition) is 2. The first-order valence-electron chi connectivity index (χ1n) is 6.82. The summed E-state index contributed by atoms with van der Waals surface area (Å²) in [7, 11) is 0. The second kappa shape index (κ2) is 6.13. The topological polar surface area (TPSA) is 58.4 Å². The number of nitrogens with two attached hydrogens (primary N) is 1. The molecule has 2 rings (SSSR count). The zero-order valence-electron chi connectivity index (χ0n) is 11.7. The number of thiophene rings is 1. The minimum Gasteiger partial charge on any atom is -0.397 e. The number of nitrogen functional groups attached to an aromatic ring is 1. The lowest BCUT2D eigenvalue weighted by Gasteiger charge is -2.34. The lowest BCUT2D eigenvalue weighted by molar-refractivity contribution is -0.175. The van der Waals surface area contributed by atoms with Gasteiger partial charge in [-0.2, -0.15) is 13.2 Å². The number of amides is 1. The molecule has 0 radical (unpaired) electrons. The van der Waals surface area contributed by atoms with Gasteiger partial charge in [0.25, 0.3) is 5.91 Å². The Hall–Kier alpha value is -1.44. The van der Waals surface area contributed by atoms with Gasteiger partial charge in [0.05, 0.1) is 16.6 Å². The lowest BCUT2D eigenvalue weighted by Crippen LogP contribution is -2.41. The predicted molar refractivity (Wildman–Crippen MR) is 77.7 cm³/mol. The van der Waals surface area contributed by atoms with Crippen molar-refractivity contribution in [2.24, 2.45) is 5.92 Å². The Labute approximate surface area is 125 Å². The van der Waals surface area contributed by atoms with Crippen LogP contribution in [0.2, 0.25) is 0 Å². The Morgan fingerprint density at radius 1 is 1.57 bits per heavy atom. The van der Waals surface area contributed by atoms with Gasteiger partial charge in [-0.15, -0.1) is 11.3 Å². The van der Waals surface area contributed by atoms with E-state index in [0.717, 1.165) is 11.3 Å². The molecule has 118 valence electrons. The average Bonchev–Trinajstić information content (AvgIpc) is 2.80. The van der Waals surface area contributed by atoms with E-state index >= 15 is 0 Å². The zero-order chi connectivity index (χ0) is 15.6. The van der Waals surface area contributed by atoms with E-state index in [1.165, 1.54) is 0 Å². The van der Waals surface area contributed by atoms with Crippen molar-refractivity contribution in [3.05, 3.63) is 10.9 Å². The van der Waals surface area contributed by atoms with Crippen LogP contribution >= 0.6 is 11.3 Å². The van der Waals surface area contributed by atoms with E-state index in [2.05, 4.69) is 5.32 Å². The largest absolute Gasteiger partial charge is 0.397 e. The summed E-state index contributed by atoms with van der Waals surface area (Å²) < 4.78 is 38.5. The van der Waals surface area contributed by atoms with Gasteiger partial charge in [-0.3, -0.25) is 4.79 Å². The summed E-state index contributed by atoms with van der Waals surface area (Å²) in [6, 6.07) is 1.59. The summed E-state index contributed by atoms with van der Waals surface area (Å²) in [5, 5.41) is 3.27. The second-order valence-electron chi connectivity index (χ2n) is 5.06. The fourth-order valence-corrected chi connectivity index (χ4v) is 3.44. The summed E-state index contributed by atoms with van der Waals surface area (Å²) >= 11 is 1.15.